The molecule has 0 atom stereocenters. The van der Waals surface area contributed by atoms with Crippen LogP contribution >= 0.6 is 11.6 Å². The van der Waals surface area contributed by atoms with E-state index in [0.29, 0.717) is 5.02 Å². The number of hydrogen-bond donors (Lipinski definition) is 1. The number of oxime groups is 1. The maximum Gasteiger partial charge on any atom is 0.369 e. The molecule has 0 aromatic heterocycles. The molecule has 0 aliphatic carbocycles. The number of hydrogen-bond acceptors (Lipinski definition) is 6. The average molecular weight is 350 g/mol. The number of benzene rings is 2. The summed E-state index contributed by atoms with van der Waals surface area (Å²) in [7, 11) is 1.39. The summed E-state index contributed by atoms with van der Waals surface area (Å²) >= 11 is 5.84. The van der Waals surface area contributed by atoms with Crippen LogP contribution in [0.5, 0.6) is 5.75 Å². The highest BCUT2D eigenvalue weighted by Gasteiger charge is 2.15. The molecule has 0 unspecified atom stereocenters. The Balaban J connectivity index is 2.21. The van der Waals surface area contributed by atoms with E-state index in [1.807, 2.05) is 0 Å². The lowest BCUT2D eigenvalue weighted by atomic mass is 10.2. The molecule has 2 aromatic carbocycles. The summed E-state index contributed by atoms with van der Waals surface area (Å²) in [6, 6.07) is 9.88. The smallest absolute Gasteiger partial charge is 0.369 e. The number of carbonyl (C=O) groups is 1. The molecule has 2 N–H and O–H groups in total. The number of rotatable bonds is 5. The molecule has 9 heteroatoms. The van der Waals surface area contributed by atoms with Gasteiger partial charge in [-0.05, 0) is 18.2 Å². The number of nitro benzene ring substituents is 1. The number of carbonyl (C=O) groups excluding carboxylic acids is 1. The largest absolute Gasteiger partial charge is 0.496 e. The van der Waals surface area contributed by atoms with E-state index in [-0.39, 0.29) is 28.4 Å². The number of ether oxygens (including phenoxy) is 1. The van der Waals surface area contributed by atoms with Gasteiger partial charge in [-0.2, -0.15) is 0 Å². The van der Waals surface area contributed by atoms with Crippen LogP contribution in [0.3, 0.4) is 0 Å². The lowest BCUT2D eigenvalue weighted by molar-refractivity contribution is -0.384. The number of nitro groups is 1. The Morgan fingerprint density at radius 1 is 1.29 bits per heavy atom. The molecule has 0 amide bonds. The molecule has 0 saturated carbocycles. The monoisotopic (exact) mass is 349 g/mol. The molecule has 0 fully saturated rings. The van der Waals surface area contributed by atoms with Crippen molar-refractivity contribution in [2.75, 3.05) is 7.11 Å². The van der Waals surface area contributed by atoms with Crippen molar-refractivity contribution in [1.82, 2.24) is 0 Å². The summed E-state index contributed by atoms with van der Waals surface area (Å²) in [6.07, 6.45) is 0. The summed E-state index contributed by atoms with van der Waals surface area (Å²) in [4.78, 5) is 27.0. The Kier molecular flexibility index (Phi) is 5.33. The second-order valence-corrected chi connectivity index (χ2v) is 4.94. The van der Waals surface area contributed by atoms with Crippen LogP contribution in [-0.4, -0.2) is 23.8 Å². The zero-order chi connectivity index (χ0) is 17.7. The van der Waals surface area contributed by atoms with Gasteiger partial charge in [0.15, 0.2) is 5.84 Å². The van der Waals surface area contributed by atoms with Gasteiger partial charge in [0.1, 0.15) is 11.3 Å². The number of non-ortho nitro benzene ring substituents is 1. The van der Waals surface area contributed by atoms with Gasteiger partial charge >= 0.3 is 5.97 Å². The van der Waals surface area contributed by atoms with E-state index in [1.165, 1.54) is 43.5 Å². The molecule has 0 radical (unpaired) electrons. The number of halogens is 1. The topological polar surface area (TPSA) is 117 Å². The second-order valence-electron chi connectivity index (χ2n) is 4.51. The highest BCUT2D eigenvalue weighted by atomic mass is 35.5. The second kappa shape index (κ2) is 7.42. The Hall–Kier alpha value is -3.13. The maximum atomic E-state index is 12.1. The molecule has 0 spiro atoms. The fourth-order valence-corrected chi connectivity index (χ4v) is 1.98. The molecule has 8 nitrogen and oxygen atoms in total. The van der Waals surface area contributed by atoms with E-state index < -0.39 is 10.9 Å². The van der Waals surface area contributed by atoms with Gasteiger partial charge in [0.05, 0.1) is 12.0 Å². The van der Waals surface area contributed by atoms with Crippen molar-refractivity contribution < 1.29 is 19.3 Å². The molecule has 124 valence electrons. The van der Waals surface area contributed by atoms with Crippen molar-refractivity contribution in [2.45, 2.75) is 0 Å². The summed E-state index contributed by atoms with van der Waals surface area (Å²) < 4.78 is 5.04. The van der Waals surface area contributed by atoms with Crippen LogP contribution in [0.25, 0.3) is 0 Å². The third-order valence-electron chi connectivity index (χ3n) is 2.96. The van der Waals surface area contributed by atoms with Crippen LogP contribution in [0.2, 0.25) is 5.02 Å². The van der Waals surface area contributed by atoms with Crippen molar-refractivity contribution in [3.05, 3.63) is 68.7 Å². The number of amidine groups is 1. The van der Waals surface area contributed by atoms with Crippen molar-refractivity contribution in [1.29, 1.82) is 0 Å². The van der Waals surface area contributed by atoms with E-state index in [2.05, 4.69) is 5.16 Å². The van der Waals surface area contributed by atoms with Crippen LogP contribution in [0, 0.1) is 10.1 Å². The van der Waals surface area contributed by atoms with Gasteiger partial charge in [-0.3, -0.25) is 10.1 Å². The van der Waals surface area contributed by atoms with Crippen LogP contribution in [0.1, 0.15) is 15.9 Å². The van der Waals surface area contributed by atoms with Gasteiger partial charge in [0, 0.05) is 22.7 Å². The number of nitrogens with zero attached hydrogens (tertiary/aromatic N) is 2. The molecule has 0 bridgehead atoms. The molecular formula is C15H12ClN3O5. The molecule has 2 aromatic rings. The fourth-order valence-electron chi connectivity index (χ4n) is 1.81. The molecule has 0 heterocycles. The molecular weight excluding hydrogens is 338 g/mol. The lowest BCUT2D eigenvalue weighted by Crippen LogP contribution is -2.15. The summed E-state index contributed by atoms with van der Waals surface area (Å²) in [5.74, 6) is -0.760. The molecule has 0 aliphatic heterocycles. The first-order chi connectivity index (χ1) is 11.4. The third-order valence-corrected chi connectivity index (χ3v) is 3.20. The summed E-state index contributed by atoms with van der Waals surface area (Å²) in [5, 5.41) is 14.6. The minimum atomic E-state index is -0.831. The Labute approximate surface area is 141 Å². The predicted octanol–water partition coefficient (Wildman–Crippen LogP) is 2.73. The van der Waals surface area contributed by atoms with Crippen molar-refractivity contribution in [3.63, 3.8) is 0 Å². The summed E-state index contributed by atoms with van der Waals surface area (Å²) in [5.41, 5.74) is 5.84. The van der Waals surface area contributed by atoms with Crippen molar-refractivity contribution in [2.24, 2.45) is 10.9 Å². The van der Waals surface area contributed by atoms with Crippen LogP contribution in [-0.2, 0) is 4.84 Å². The van der Waals surface area contributed by atoms with E-state index in [0.717, 1.165) is 0 Å². The van der Waals surface area contributed by atoms with Gasteiger partial charge in [-0.15, -0.1) is 0 Å². The van der Waals surface area contributed by atoms with E-state index in [1.54, 1.807) is 6.07 Å². The first-order valence-corrected chi connectivity index (χ1v) is 6.93. The zero-order valence-electron chi connectivity index (χ0n) is 12.4. The molecule has 0 aliphatic rings. The van der Waals surface area contributed by atoms with Crippen molar-refractivity contribution in [3.8, 4) is 5.75 Å². The van der Waals surface area contributed by atoms with E-state index in [9.17, 15) is 14.9 Å². The van der Waals surface area contributed by atoms with Gasteiger partial charge in [-0.25, -0.2) is 4.79 Å². The zero-order valence-corrected chi connectivity index (χ0v) is 13.2. The number of nitrogens with two attached hydrogens (primary N) is 1. The van der Waals surface area contributed by atoms with Crippen LogP contribution in [0.4, 0.5) is 5.69 Å². The number of methoxy groups -OCH3 is 1. The van der Waals surface area contributed by atoms with E-state index in [4.69, 9.17) is 26.9 Å². The van der Waals surface area contributed by atoms with Crippen LogP contribution in [0.15, 0.2) is 47.6 Å². The Bertz CT molecular complexity index is 823. The van der Waals surface area contributed by atoms with Gasteiger partial charge in [-0.1, -0.05) is 28.9 Å². The van der Waals surface area contributed by atoms with Crippen molar-refractivity contribution >= 4 is 29.1 Å². The minimum absolute atomic E-state index is 0.0700. The van der Waals surface area contributed by atoms with Gasteiger partial charge in [0.25, 0.3) is 5.69 Å². The quantitative estimate of drug-likeness (QED) is 0.291. The SMILES string of the molecule is COc1ccc(Cl)cc1C(=O)ON=C(N)c1cccc([N+](=O)[O-])c1. The Morgan fingerprint density at radius 2 is 2.04 bits per heavy atom. The standard InChI is InChI=1S/C15H12ClN3O5/c1-23-13-6-5-10(16)8-12(13)15(20)24-18-14(17)9-3-2-4-11(7-9)19(21)22/h2-8H,1H3,(H2,17,18). The summed E-state index contributed by atoms with van der Waals surface area (Å²) in [6.45, 7) is 0. The van der Waals surface area contributed by atoms with Gasteiger partial charge in [0.2, 0.25) is 0 Å². The predicted molar refractivity (Wildman–Crippen MR) is 87.2 cm³/mol. The third kappa shape index (κ3) is 3.99. The van der Waals surface area contributed by atoms with Crippen LogP contribution < -0.4 is 10.5 Å². The Morgan fingerprint density at radius 3 is 2.71 bits per heavy atom. The molecule has 0 saturated heterocycles. The minimum Gasteiger partial charge on any atom is -0.496 e. The normalized spacial score (nSPS) is 11.0. The first kappa shape index (κ1) is 17.2. The molecule has 2 rings (SSSR count). The maximum absolute atomic E-state index is 12.1. The highest BCUT2D eigenvalue weighted by Crippen LogP contribution is 2.23. The highest BCUT2D eigenvalue weighted by molar-refractivity contribution is 6.31. The fraction of sp³-hybridized carbons (Fsp3) is 0.0667. The lowest BCUT2D eigenvalue weighted by Gasteiger charge is -2.06. The molecule has 24 heavy (non-hydrogen) atoms. The first-order valence-electron chi connectivity index (χ1n) is 6.55. The average Bonchev–Trinajstić information content (AvgIpc) is 2.59. The van der Waals surface area contributed by atoms with Gasteiger partial charge < -0.3 is 15.3 Å². The van der Waals surface area contributed by atoms with E-state index >= 15 is 0 Å².